The molecule has 0 unspecified atom stereocenters. The van der Waals surface area contributed by atoms with E-state index in [1.54, 1.807) is 18.5 Å². The molecule has 0 atom stereocenters. The number of halogens is 2. The van der Waals surface area contributed by atoms with Crippen molar-refractivity contribution in [3.8, 4) is 5.75 Å². The highest BCUT2D eigenvalue weighted by Gasteiger charge is 2.05. The predicted octanol–water partition coefficient (Wildman–Crippen LogP) is 3.95. The average molecular weight is 284 g/mol. The molecule has 0 aliphatic heterocycles. The Labute approximate surface area is 115 Å². The van der Waals surface area contributed by atoms with E-state index in [0.717, 1.165) is 5.76 Å². The molecule has 0 radical (unpaired) electrons. The highest BCUT2D eigenvalue weighted by molar-refractivity contribution is 6.36. The number of hydrogen-bond acceptors (Lipinski definition) is 3. The molecular weight excluding hydrogens is 273 g/mol. The molecule has 0 saturated carbocycles. The van der Waals surface area contributed by atoms with E-state index in [0.29, 0.717) is 23.6 Å². The number of hydrogen-bond donors (Lipinski definition) is 1. The first-order valence-electron chi connectivity index (χ1n) is 5.37. The van der Waals surface area contributed by atoms with E-state index in [-0.39, 0.29) is 10.8 Å². The van der Waals surface area contributed by atoms with Crippen LogP contribution < -0.4 is 0 Å². The van der Waals surface area contributed by atoms with Gasteiger partial charge in [0.25, 0.3) is 0 Å². The molecule has 1 aromatic heterocycles. The maximum absolute atomic E-state index is 9.70. The van der Waals surface area contributed by atoms with Crippen LogP contribution in [0, 0.1) is 0 Å². The fourth-order valence-electron chi connectivity index (χ4n) is 1.48. The zero-order chi connectivity index (χ0) is 13.0. The Bertz CT molecular complexity index is 550. The molecule has 1 N–H and O–H groups in total. The minimum absolute atomic E-state index is 0.0113. The van der Waals surface area contributed by atoms with Gasteiger partial charge in [-0.05, 0) is 24.3 Å². The van der Waals surface area contributed by atoms with Crippen LogP contribution in [-0.2, 0) is 6.42 Å². The third kappa shape index (κ3) is 3.28. The number of nitrogens with zero attached hydrogens (tertiary/aromatic N) is 1. The van der Waals surface area contributed by atoms with Gasteiger partial charge in [0.2, 0.25) is 0 Å². The minimum atomic E-state index is -0.0113. The van der Waals surface area contributed by atoms with Crippen molar-refractivity contribution in [2.75, 3.05) is 6.54 Å². The second-order valence-corrected chi connectivity index (χ2v) is 4.53. The topological polar surface area (TPSA) is 45.7 Å². The summed E-state index contributed by atoms with van der Waals surface area (Å²) in [4.78, 5) is 4.20. The van der Waals surface area contributed by atoms with Crippen LogP contribution in [0.3, 0.4) is 0 Å². The van der Waals surface area contributed by atoms with Gasteiger partial charge in [-0.25, -0.2) is 0 Å². The zero-order valence-electron chi connectivity index (χ0n) is 9.44. The van der Waals surface area contributed by atoms with Gasteiger partial charge in [-0.3, -0.25) is 4.99 Å². The Morgan fingerprint density at radius 1 is 1.33 bits per heavy atom. The lowest BCUT2D eigenvalue weighted by atomic mass is 10.2. The van der Waals surface area contributed by atoms with Gasteiger partial charge in [-0.1, -0.05) is 23.2 Å². The smallest absolute Gasteiger partial charge is 0.143 e. The number of aliphatic imine (C=N–C) groups is 1. The third-order valence-electron chi connectivity index (χ3n) is 2.36. The second kappa shape index (κ2) is 5.94. The summed E-state index contributed by atoms with van der Waals surface area (Å²) >= 11 is 11.6. The molecule has 0 aliphatic rings. The van der Waals surface area contributed by atoms with Crippen LogP contribution in [0.15, 0.2) is 39.9 Å². The molecule has 0 saturated heterocycles. The van der Waals surface area contributed by atoms with E-state index in [2.05, 4.69) is 4.99 Å². The van der Waals surface area contributed by atoms with E-state index in [1.807, 2.05) is 12.1 Å². The summed E-state index contributed by atoms with van der Waals surface area (Å²) in [5.74, 6) is 0.864. The van der Waals surface area contributed by atoms with Crippen molar-refractivity contribution in [2.45, 2.75) is 6.42 Å². The Morgan fingerprint density at radius 3 is 2.89 bits per heavy atom. The highest BCUT2D eigenvalue weighted by atomic mass is 35.5. The SMILES string of the molecule is Oc1c(Cl)cc(Cl)cc1C=NCCc1ccco1. The van der Waals surface area contributed by atoms with Gasteiger partial charge in [-0.15, -0.1) is 0 Å². The van der Waals surface area contributed by atoms with Gasteiger partial charge < -0.3 is 9.52 Å². The summed E-state index contributed by atoms with van der Waals surface area (Å²) in [6.07, 6.45) is 3.89. The van der Waals surface area contributed by atoms with Crippen molar-refractivity contribution in [2.24, 2.45) is 4.99 Å². The summed E-state index contributed by atoms with van der Waals surface area (Å²) in [5, 5.41) is 10.4. The summed E-state index contributed by atoms with van der Waals surface area (Å²) < 4.78 is 5.18. The van der Waals surface area contributed by atoms with Crippen LogP contribution >= 0.6 is 23.2 Å². The molecule has 0 amide bonds. The largest absolute Gasteiger partial charge is 0.506 e. The second-order valence-electron chi connectivity index (χ2n) is 3.69. The highest BCUT2D eigenvalue weighted by Crippen LogP contribution is 2.29. The van der Waals surface area contributed by atoms with E-state index in [9.17, 15) is 5.11 Å². The normalized spacial score (nSPS) is 11.2. The van der Waals surface area contributed by atoms with E-state index in [4.69, 9.17) is 27.6 Å². The molecular formula is C13H11Cl2NO2. The van der Waals surface area contributed by atoms with Crippen LogP contribution in [0.1, 0.15) is 11.3 Å². The summed E-state index contributed by atoms with van der Waals surface area (Å²) in [5.41, 5.74) is 0.506. The van der Waals surface area contributed by atoms with Crippen LogP contribution in [0.2, 0.25) is 10.0 Å². The number of rotatable bonds is 4. The van der Waals surface area contributed by atoms with Gasteiger partial charge >= 0.3 is 0 Å². The van der Waals surface area contributed by atoms with Gasteiger partial charge in [-0.2, -0.15) is 0 Å². The van der Waals surface area contributed by atoms with Crippen molar-refractivity contribution in [3.63, 3.8) is 0 Å². The molecule has 5 heteroatoms. The molecule has 1 aromatic carbocycles. The molecule has 3 nitrogen and oxygen atoms in total. The molecule has 0 aliphatic carbocycles. The summed E-state index contributed by atoms with van der Waals surface area (Å²) in [6, 6.07) is 6.82. The maximum Gasteiger partial charge on any atom is 0.143 e. The maximum atomic E-state index is 9.70. The monoisotopic (exact) mass is 283 g/mol. The Kier molecular flexibility index (Phi) is 4.28. The molecule has 1 heterocycles. The first kappa shape index (κ1) is 13.0. The average Bonchev–Trinajstić information content (AvgIpc) is 2.83. The van der Waals surface area contributed by atoms with Gasteiger partial charge in [0.05, 0.1) is 11.3 Å². The number of aromatic hydroxyl groups is 1. The first-order chi connectivity index (χ1) is 8.66. The molecule has 0 spiro atoms. The lowest BCUT2D eigenvalue weighted by molar-refractivity contribution is 0.474. The predicted molar refractivity (Wildman–Crippen MR) is 73.0 cm³/mol. The van der Waals surface area contributed by atoms with Crippen LogP contribution in [0.25, 0.3) is 0 Å². The van der Waals surface area contributed by atoms with E-state index >= 15 is 0 Å². The van der Waals surface area contributed by atoms with Crippen molar-refractivity contribution in [1.82, 2.24) is 0 Å². The molecule has 2 rings (SSSR count). The van der Waals surface area contributed by atoms with Gasteiger partial charge in [0.1, 0.15) is 11.5 Å². The van der Waals surface area contributed by atoms with Crippen molar-refractivity contribution < 1.29 is 9.52 Å². The summed E-state index contributed by atoms with van der Waals surface area (Å²) in [6.45, 7) is 0.567. The number of furan rings is 1. The Morgan fingerprint density at radius 2 is 2.17 bits per heavy atom. The van der Waals surface area contributed by atoms with E-state index < -0.39 is 0 Å². The van der Waals surface area contributed by atoms with E-state index in [1.165, 1.54) is 6.07 Å². The van der Waals surface area contributed by atoms with Crippen LogP contribution in [0.5, 0.6) is 5.75 Å². The van der Waals surface area contributed by atoms with Crippen molar-refractivity contribution in [3.05, 3.63) is 51.9 Å². The Balaban J connectivity index is 2.00. The van der Waals surface area contributed by atoms with Crippen LogP contribution in [0.4, 0.5) is 0 Å². The van der Waals surface area contributed by atoms with Gasteiger partial charge in [0, 0.05) is 29.8 Å². The third-order valence-corrected chi connectivity index (χ3v) is 2.86. The molecule has 2 aromatic rings. The van der Waals surface area contributed by atoms with Crippen LogP contribution in [-0.4, -0.2) is 17.9 Å². The molecule has 94 valence electrons. The first-order valence-corrected chi connectivity index (χ1v) is 6.12. The molecule has 18 heavy (non-hydrogen) atoms. The fraction of sp³-hybridized carbons (Fsp3) is 0.154. The lowest BCUT2D eigenvalue weighted by Crippen LogP contribution is -1.90. The number of phenolic OH excluding ortho intramolecular Hbond substituents is 1. The quantitative estimate of drug-likeness (QED) is 0.864. The molecule has 0 fully saturated rings. The van der Waals surface area contributed by atoms with Gasteiger partial charge in [0.15, 0.2) is 0 Å². The van der Waals surface area contributed by atoms with Crippen molar-refractivity contribution in [1.29, 1.82) is 0 Å². The lowest BCUT2D eigenvalue weighted by Gasteiger charge is -2.02. The summed E-state index contributed by atoms with van der Waals surface area (Å²) in [7, 11) is 0. The van der Waals surface area contributed by atoms with Crippen molar-refractivity contribution >= 4 is 29.4 Å². The standard InChI is InChI=1S/C13H11Cl2NO2/c14-10-6-9(13(17)12(15)7-10)8-16-4-3-11-2-1-5-18-11/h1-2,5-8,17H,3-4H2. The minimum Gasteiger partial charge on any atom is -0.506 e. The number of benzene rings is 1. The zero-order valence-corrected chi connectivity index (χ0v) is 10.9. The molecule has 0 bridgehead atoms. The number of phenols is 1. The fourth-order valence-corrected chi connectivity index (χ4v) is 1.99. The Hall–Kier alpha value is -1.45.